The van der Waals surface area contributed by atoms with Gasteiger partial charge in [-0.1, -0.05) is 71.9 Å². The molecule has 2 aromatic rings. The summed E-state index contributed by atoms with van der Waals surface area (Å²) < 4.78 is 0. The number of carboxylic acid groups (broad SMARTS) is 1. The first-order valence-electron chi connectivity index (χ1n) is 8.91. The molecule has 3 rings (SSSR count). The van der Waals surface area contributed by atoms with E-state index in [9.17, 15) is 19.5 Å². The summed E-state index contributed by atoms with van der Waals surface area (Å²) in [4.78, 5) is 38.1. The van der Waals surface area contributed by atoms with Crippen molar-refractivity contribution in [3.05, 3.63) is 71.3 Å². The zero-order chi connectivity index (χ0) is 20.1. The fourth-order valence-corrected chi connectivity index (χ4v) is 5.21. The van der Waals surface area contributed by atoms with Crippen LogP contribution in [-0.2, 0) is 9.59 Å². The number of hydrogen-bond donors (Lipinski definition) is 1. The molecule has 1 saturated heterocycles. The topological polar surface area (TPSA) is 74.7 Å². The van der Waals surface area contributed by atoms with Gasteiger partial charge in [0, 0.05) is 23.5 Å². The maximum absolute atomic E-state index is 12.9. The minimum absolute atomic E-state index is 0.0888. The van der Waals surface area contributed by atoms with Gasteiger partial charge in [0.15, 0.2) is 0 Å². The third kappa shape index (κ3) is 4.77. The van der Waals surface area contributed by atoms with Crippen LogP contribution >= 0.6 is 23.5 Å². The molecule has 146 valence electrons. The summed E-state index contributed by atoms with van der Waals surface area (Å²) in [6, 6.07) is 15.8. The standard InChI is InChI=1S/C21H21NO4S2/c1-14-7-9-15(10-8-14)19-22(17(13-28-19)20(24)25)18(23)11-12-27-21(26)16-5-3-2-4-6-16/h2-10,17,19H,11-13H2,1H3,(H,24,25)/t17-,19+/m0/s1. The van der Waals surface area contributed by atoms with E-state index in [-0.39, 0.29) is 22.8 Å². The number of benzene rings is 2. The Hall–Kier alpha value is -2.25. The molecule has 1 aliphatic heterocycles. The van der Waals surface area contributed by atoms with Crippen molar-refractivity contribution < 1.29 is 19.5 Å². The van der Waals surface area contributed by atoms with E-state index in [4.69, 9.17) is 0 Å². The van der Waals surface area contributed by atoms with Crippen LogP contribution in [0.4, 0.5) is 0 Å². The van der Waals surface area contributed by atoms with Gasteiger partial charge in [-0.25, -0.2) is 4.79 Å². The highest BCUT2D eigenvalue weighted by Gasteiger charge is 2.42. The normalized spacial score (nSPS) is 18.8. The first-order valence-corrected chi connectivity index (χ1v) is 10.9. The van der Waals surface area contributed by atoms with Crippen molar-refractivity contribution in [2.45, 2.75) is 24.8 Å². The number of aliphatic carboxylic acids is 1. The zero-order valence-electron chi connectivity index (χ0n) is 15.4. The first kappa shape index (κ1) is 20.5. The monoisotopic (exact) mass is 415 g/mol. The van der Waals surface area contributed by atoms with Crippen molar-refractivity contribution in [2.24, 2.45) is 0 Å². The molecule has 0 bridgehead atoms. The first-order chi connectivity index (χ1) is 13.5. The van der Waals surface area contributed by atoms with E-state index in [1.54, 1.807) is 24.3 Å². The average Bonchev–Trinajstić information content (AvgIpc) is 3.14. The summed E-state index contributed by atoms with van der Waals surface area (Å²) in [5.74, 6) is -0.559. The van der Waals surface area contributed by atoms with Crippen molar-refractivity contribution >= 4 is 40.5 Å². The highest BCUT2D eigenvalue weighted by atomic mass is 32.2. The summed E-state index contributed by atoms with van der Waals surface area (Å²) >= 11 is 2.55. The number of carbonyl (C=O) groups is 3. The highest BCUT2D eigenvalue weighted by molar-refractivity contribution is 8.14. The van der Waals surface area contributed by atoms with Gasteiger partial charge in [-0.15, -0.1) is 11.8 Å². The van der Waals surface area contributed by atoms with Crippen LogP contribution in [-0.4, -0.2) is 44.5 Å². The second-order valence-corrected chi connectivity index (χ2v) is 8.68. The van der Waals surface area contributed by atoms with Crippen molar-refractivity contribution in [2.75, 3.05) is 11.5 Å². The number of carboxylic acids is 1. The lowest BCUT2D eigenvalue weighted by atomic mass is 10.1. The minimum atomic E-state index is -0.997. The molecule has 1 heterocycles. The average molecular weight is 416 g/mol. The second kappa shape index (κ2) is 9.30. The Balaban J connectivity index is 1.66. The predicted molar refractivity (Wildman–Crippen MR) is 112 cm³/mol. The largest absolute Gasteiger partial charge is 0.480 e. The molecule has 0 aromatic heterocycles. The van der Waals surface area contributed by atoms with E-state index >= 15 is 0 Å². The molecule has 2 atom stereocenters. The van der Waals surface area contributed by atoms with Crippen molar-refractivity contribution in [1.82, 2.24) is 4.90 Å². The SMILES string of the molecule is Cc1ccc([C@H]2SC[C@@H](C(=O)O)N2C(=O)CCSC(=O)c2ccccc2)cc1. The van der Waals surface area contributed by atoms with Gasteiger partial charge in [0.1, 0.15) is 11.4 Å². The lowest BCUT2D eigenvalue weighted by Gasteiger charge is -2.27. The van der Waals surface area contributed by atoms with E-state index < -0.39 is 12.0 Å². The van der Waals surface area contributed by atoms with Crippen molar-refractivity contribution in [1.29, 1.82) is 0 Å². The number of carbonyl (C=O) groups excluding carboxylic acids is 2. The van der Waals surface area contributed by atoms with Crippen LogP contribution < -0.4 is 0 Å². The predicted octanol–water partition coefficient (Wildman–Crippen LogP) is 3.99. The van der Waals surface area contributed by atoms with Gasteiger partial charge in [-0.05, 0) is 12.5 Å². The number of thioether (sulfide) groups is 2. The number of rotatable bonds is 6. The second-order valence-electron chi connectivity index (χ2n) is 6.50. The number of amides is 1. The third-order valence-electron chi connectivity index (χ3n) is 4.49. The highest BCUT2D eigenvalue weighted by Crippen LogP contribution is 2.42. The van der Waals surface area contributed by atoms with Crippen LogP contribution in [0.15, 0.2) is 54.6 Å². The van der Waals surface area contributed by atoms with Crippen LogP contribution in [0.25, 0.3) is 0 Å². The molecule has 0 unspecified atom stereocenters. The summed E-state index contributed by atoms with van der Waals surface area (Å²) in [6.45, 7) is 1.98. The van der Waals surface area contributed by atoms with Crippen LogP contribution in [0.2, 0.25) is 0 Å². The lowest BCUT2D eigenvalue weighted by Crippen LogP contribution is -2.43. The maximum Gasteiger partial charge on any atom is 0.327 e. The molecule has 28 heavy (non-hydrogen) atoms. The van der Waals surface area contributed by atoms with Gasteiger partial charge in [0.2, 0.25) is 11.0 Å². The van der Waals surface area contributed by atoms with Gasteiger partial charge in [0.05, 0.1) is 0 Å². The van der Waals surface area contributed by atoms with Crippen LogP contribution in [0.3, 0.4) is 0 Å². The third-order valence-corrected chi connectivity index (χ3v) is 6.72. The molecule has 0 spiro atoms. The van der Waals surface area contributed by atoms with Crippen LogP contribution in [0.5, 0.6) is 0 Å². The van der Waals surface area contributed by atoms with Crippen LogP contribution in [0.1, 0.15) is 33.3 Å². The van der Waals surface area contributed by atoms with E-state index in [2.05, 4.69) is 0 Å². The fraction of sp³-hybridized carbons (Fsp3) is 0.286. The molecular formula is C21H21NO4S2. The fourth-order valence-electron chi connectivity index (χ4n) is 3.01. The molecule has 7 heteroatoms. The van der Waals surface area contributed by atoms with E-state index in [0.29, 0.717) is 17.1 Å². The summed E-state index contributed by atoms with van der Waals surface area (Å²) in [7, 11) is 0. The molecule has 0 saturated carbocycles. The summed E-state index contributed by atoms with van der Waals surface area (Å²) in [5, 5.41) is 9.13. The Morgan fingerprint density at radius 2 is 1.79 bits per heavy atom. The molecule has 1 amide bonds. The Morgan fingerprint density at radius 1 is 1.11 bits per heavy atom. The minimum Gasteiger partial charge on any atom is -0.480 e. The van der Waals surface area contributed by atoms with E-state index in [1.165, 1.54) is 16.7 Å². The van der Waals surface area contributed by atoms with Crippen molar-refractivity contribution in [3.63, 3.8) is 0 Å². The smallest absolute Gasteiger partial charge is 0.327 e. The molecule has 1 N–H and O–H groups in total. The van der Waals surface area contributed by atoms with Crippen molar-refractivity contribution in [3.8, 4) is 0 Å². The number of hydrogen-bond acceptors (Lipinski definition) is 5. The maximum atomic E-state index is 12.9. The number of aryl methyl sites for hydroxylation is 1. The summed E-state index contributed by atoms with van der Waals surface area (Å²) in [6.07, 6.45) is 0.121. The molecule has 0 aliphatic carbocycles. The summed E-state index contributed by atoms with van der Waals surface area (Å²) in [5.41, 5.74) is 2.62. The Morgan fingerprint density at radius 3 is 2.43 bits per heavy atom. The Bertz CT molecular complexity index is 854. The molecule has 1 fully saturated rings. The zero-order valence-corrected chi connectivity index (χ0v) is 17.0. The molecule has 2 aromatic carbocycles. The van der Waals surface area contributed by atoms with Gasteiger partial charge < -0.3 is 10.0 Å². The lowest BCUT2D eigenvalue weighted by molar-refractivity contribution is -0.149. The molecule has 5 nitrogen and oxygen atoms in total. The number of nitrogens with zero attached hydrogens (tertiary/aromatic N) is 1. The Kier molecular flexibility index (Phi) is 6.80. The van der Waals surface area contributed by atoms with Gasteiger partial charge in [-0.3, -0.25) is 9.59 Å². The van der Waals surface area contributed by atoms with E-state index in [1.807, 2.05) is 37.3 Å². The Labute approximate surface area is 172 Å². The quantitative estimate of drug-likeness (QED) is 0.769. The molecule has 1 aliphatic rings. The van der Waals surface area contributed by atoms with Crippen LogP contribution in [0, 0.1) is 6.92 Å². The van der Waals surface area contributed by atoms with Gasteiger partial charge >= 0.3 is 5.97 Å². The van der Waals surface area contributed by atoms with E-state index in [0.717, 1.165) is 22.9 Å². The van der Waals surface area contributed by atoms with Gasteiger partial charge in [-0.2, -0.15) is 0 Å². The molecule has 0 radical (unpaired) electrons. The van der Waals surface area contributed by atoms with Gasteiger partial charge in [0.25, 0.3) is 0 Å². The molecular weight excluding hydrogens is 394 g/mol.